The number of aromatic carboxylic acids is 1. The number of nitro benzene ring substituents is 1. The first kappa shape index (κ1) is 18.6. The van der Waals surface area contributed by atoms with Crippen molar-refractivity contribution in [1.29, 1.82) is 0 Å². The van der Waals surface area contributed by atoms with E-state index < -0.39 is 16.5 Å². The number of nitro groups is 1. The van der Waals surface area contributed by atoms with Gasteiger partial charge in [0.15, 0.2) is 5.75 Å². The minimum absolute atomic E-state index is 0.0931. The van der Waals surface area contributed by atoms with E-state index in [1.807, 2.05) is 0 Å². The predicted octanol–water partition coefficient (Wildman–Crippen LogP) is 1.02. The van der Waals surface area contributed by atoms with E-state index >= 15 is 0 Å². The number of aromatic nitrogens is 2. The first-order valence-corrected chi connectivity index (χ1v) is 7.99. The molecular formula is C19H15N3O6. The Morgan fingerprint density at radius 1 is 1.29 bits per heavy atom. The van der Waals surface area contributed by atoms with Crippen molar-refractivity contribution in [3.8, 4) is 11.4 Å². The van der Waals surface area contributed by atoms with E-state index in [1.165, 1.54) is 54.3 Å². The summed E-state index contributed by atoms with van der Waals surface area (Å²) in [6, 6.07) is 10.1. The first-order valence-electron chi connectivity index (χ1n) is 7.99. The van der Waals surface area contributed by atoms with Crippen LogP contribution in [0, 0.1) is 10.1 Å². The second-order valence-electron chi connectivity index (χ2n) is 5.83. The average Bonchev–Trinajstić information content (AvgIpc) is 2.96. The summed E-state index contributed by atoms with van der Waals surface area (Å²) in [5.74, 6) is -0.958. The van der Waals surface area contributed by atoms with Crippen LogP contribution >= 0.6 is 0 Å². The van der Waals surface area contributed by atoms with Crippen LogP contribution < -0.4 is 20.9 Å². The molecule has 142 valence electrons. The van der Waals surface area contributed by atoms with Crippen molar-refractivity contribution in [2.45, 2.75) is 0 Å². The predicted molar refractivity (Wildman–Crippen MR) is 101 cm³/mol. The molecule has 0 radical (unpaired) electrons. The lowest BCUT2D eigenvalue weighted by atomic mass is 10.1. The Balaban J connectivity index is 2.11. The molecule has 0 unspecified atom stereocenters. The highest BCUT2D eigenvalue weighted by atomic mass is 16.6. The average molecular weight is 381 g/mol. The summed E-state index contributed by atoms with van der Waals surface area (Å²) in [6.07, 6.45) is 1.48. The molecule has 9 heteroatoms. The van der Waals surface area contributed by atoms with Gasteiger partial charge in [-0.15, -0.1) is 0 Å². The number of hydrogen-bond donors (Lipinski definition) is 2. The molecule has 0 saturated heterocycles. The summed E-state index contributed by atoms with van der Waals surface area (Å²) in [4.78, 5) is 34.3. The van der Waals surface area contributed by atoms with Gasteiger partial charge in [-0.2, -0.15) is 0 Å². The summed E-state index contributed by atoms with van der Waals surface area (Å²) in [6.45, 7) is 3.80. The Labute approximate surface area is 157 Å². The Morgan fingerprint density at radius 2 is 1.96 bits per heavy atom. The van der Waals surface area contributed by atoms with Gasteiger partial charge in [0.2, 0.25) is 0 Å². The van der Waals surface area contributed by atoms with Crippen LogP contribution in [0.15, 0.2) is 47.3 Å². The molecule has 0 saturated carbocycles. The van der Waals surface area contributed by atoms with Crippen molar-refractivity contribution < 1.29 is 19.6 Å². The Hall–Kier alpha value is -4.14. The molecule has 0 aliphatic carbocycles. The van der Waals surface area contributed by atoms with Crippen LogP contribution in [0.25, 0.3) is 18.3 Å². The normalized spacial score (nSPS) is 11.4. The van der Waals surface area contributed by atoms with Crippen LogP contribution in [-0.4, -0.2) is 32.9 Å². The highest BCUT2D eigenvalue weighted by Crippen LogP contribution is 2.27. The molecule has 1 heterocycles. The number of aromatic amines is 1. The largest absolute Gasteiger partial charge is 0.490 e. The third-order valence-corrected chi connectivity index (χ3v) is 4.09. The SMILES string of the molecule is C=c1[nH]n(-c2ccc(C(=O)O)cc2)c(=O)/c1=C\c1ccc(OC)c([N+](=O)[O-])c1. The maximum absolute atomic E-state index is 12.7. The van der Waals surface area contributed by atoms with Crippen molar-refractivity contribution in [1.82, 2.24) is 9.78 Å². The molecule has 9 nitrogen and oxygen atoms in total. The number of carboxylic acid groups (broad SMARTS) is 1. The lowest BCUT2D eigenvalue weighted by Crippen LogP contribution is -2.33. The number of rotatable bonds is 5. The van der Waals surface area contributed by atoms with E-state index in [4.69, 9.17) is 9.84 Å². The fraction of sp³-hybridized carbons (Fsp3) is 0.0526. The molecule has 0 fully saturated rings. The summed E-state index contributed by atoms with van der Waals surface area (Å²) < 4.78 is 6.19. The fourth-order valence-electron chi connectivity index (χ4n) is 2.69. The lowest BCUT2D eigenvalue weighted by Gasteiger charge is -2.02. The summed E-state index contributed by atoms with van der Waals surface area (Å²) in [5, 5.41) is 23.5. The van der Waals surface area contributed by atoms with Gasteiger partial charge in [0, 0.05) is 6.07 Å². The zero-order valence-corrected chi connectivity index (χ0v) is 14.7. The first-order chi connectivity index (χ1) is 13.3. The highest BCUT2D eigenvalue weighted by molar-refractivity contribution is 5.87. The van der Waals surface area contributed by atoms with Gasteiger partial charge in [-0.1, -0.05) is 12.6 Å². The molecule has 1 aromatic heterocycles. The van der Waals surface area contributed by atoms with E-state index in [1.54, 1.807) is 6.07 Å². The van der Waals surface area contributed by atoms with Gasteiger partial charge >= 0.3 is 11.7 Å². The molecule has 3 aromatic rings. The van der Waals surface area contributed by atoms with Gasteiger partial charge in [0.1, 0.15) is 0 Å². The Kier molecular flexibility index (Phi) is 4.82. The number of methoxy groups -OCH3 is 1. The van der Waals surface area contributed by atoms with Crippen molar-refractivity contribution >= 4 is 24.3 Å². The second kappa shape index (κ2) is 7.23. The van der Waals surface area contributed by atoms with E-state index in [2.05, 4.69) is 11.7 Å². The van der Waals surface area contributed by atoms with E-state index in [9.17, 15) is 19.7 Å². The summed E-state index contributed by atoms with van der Waals surface area (Å²) in [7, 11) is 1.33. The van der Waals surface area contributed by atoms with Crippen LogP contribution in [0.2, 0.25) is 0 Å². The molecule has 0 spiro atoms. The fourth-order valence-corrected chi connectivity index (χ4v) is 2.69. The van der Waals surface area contributed by atoms with Crippen molar-refractivity contribution in [3.63, 3.8) is 0 Å². The molecule has 3 rings (SSSR count). The van der Waals surface area contributed by atoms with E-state index in [0.29, 0.717) is 16.6 Å². The number of nitrogens with one attached hydrogen (secondary N) is 1. The molecule has 0 aliphatic heterocycles. The number of hydrogen-bond acceptors (Lipinski definition) is 5. The minimum Gasteiger partial charge on any atom is -0.490 e. The zero-order chi connectivity index (χ0) is 20.4. The summed E-state index contributed by atoms with van der Waals surface area (Å²) >= 11 is 0. The molecule has 0 aliphatic rings. The number of carboxylic acids is 1. The number of H-pyrrole nitrogens is 1. The van der Waals surface area contributed by atoms with E-state index in [0.717, 1.165) is 0 Å². The maximum atomic E-state index is 12.7. The number of ether oxygens (including phenoxy) is 1. The standard InChI is InChI=1S/C19H15N3O6/c1-11-15(9-12-3-8-17(28-2)16(10-12)22(26)27)18(23)21(20-11)14-6-4-13(5-7-14)19(24)25/h3-10,20H,1H2,2H3,(H,24,25)/b15-9-. The lowest BCUT2D eigenvalue weighted by molar-refractivity contribution is -0.385. The molecular weight excluding hydrogens is 366 g/mol. The quantitative estimate of drug-likeness (QED) is 0.502. The summed E-state index contributed by atoms with van der Waals surface area (Å²) in [5.41, 5.74) is 0.311. The van der Waals surface area contributed by atoms with Gasteiger partial charge in [-0.25, -0.2) is 9.48 Å². The van der Waals surface area contributed by atoms with Crippen LogP contribution in [0.1, 0.15) is 15.9 Å². The minimum atomic E-state index is -1.07. The molecule has 0 bridgehead atoms. The van der Waals surface area contributed by atoms with E-state index in [-0.39, 0.29) is 22.2 Å². The Bertz CT molecular complexity index is 1240. The van der Waals surface area contributed by atoms with Gasteiger partial charge < -0.3 is 9.84 Å². The third-order valence-electron chi connectivity index (χ3n) is 4.09. The van der Waals surface area contributed by atoms with Crippen LogP contribution in [0.5, 0.6) is 5.75 Å². The van der Waals surface area contributed by atoms with Crippen LogP contribution in [-0.2, 0) is 0 Å². The van der Waals surface area contributed by atoms with Crippen LogP contribution in [0.4, 0.5) is 5.69 Å². The van der Waals surface area contributed by atoms with Gasteiger partial charge in [0.05, 0.1) is 33.9 Å². The molecule has 2 N–H and O–H groups in total. The van der Waals surface area contributed by atoms with Crippen molar-refractivity contribution in [3.05, 3.63) is 84.6 Å². The molecule has 2 aromatic carbocycles. The topological polar surface area (TPSA) is 127 Å². The van der Waals surface area contributed by atoms with Crippen molar-refractivity contribution in [2.24, 2.45) is 0 Å². The third kappa shape index (κ3) is 3.40. The zero-order valence-electron chi connectivity index (χ0n) is 14.7. The highest BCUT2D eigenvalue weighted by Gasteiger charge is 2.15. The molecule has 28 heavy (non-hydrogen) atoms. The molecule has 0 atom stereocenters. The van der Waals surface area contributed by atoms with Gasteiger partial charge in [-0.05, 0) is 42.0 Å². The van der Waals surface area contributed by atoms with Gasteiger partial charge in [-0.3, -0.25) is 20.0 Å². The van der Waals surface area contributed by atoms with Crippen molar-refractivity contribution in [2.75, 3.05) is 7.11 Å². The monoisotopic (exact) mass is 381 g/mol. The number of benzene rings is 2. The van der Waals surface area contributed by atoms with Crippen LogP contribution in [0.3, 0.4) is 0 Å². The number of carbonyl (C=O) groups is 1. The number of nitrogens with zero attached hydrogens (tertiary/aromatic N) is 2. The second-order valence-corrected chi connectivity index (χ2v) is 5.83. The maximum Gasteiger partial charge on any atom is 0.335 e. The van der Waals surface area contributed by atoms with Gasteiger partial charge in [0.25, 0.3) is 5.56 Å². The smallest absolute Gasteiger partial charge is 0.335 e. The molecule has 0 amide bonds. The Morgan fingerprint density at radius 3 is 2.54 bits per heavy atom.